The van der Waals surface area contributed by atoms with Crippen LogP contribution in [0.25, 0.3) is 0 Å². The van der Waals surface area contributed by atoms with Crippen molar-refractivity contribution in [3.63, 3.8) is 0 Å². The van der Waals surface area contributed by atoms with Crippen molar-refractivity contribution in [1.82, 2.24) is 9.47 Å². The molecule has 2 fully saturated rings. The van der Waals surface area contributed by atoms with Gasteiger partial charge in [-0.2, -0.15) is 0 Å². The molecule has 25 heavy (non-hydrogen) atoms. The van der Waals surface area contributed by atoms with Gasteiger partial charge in [0.1, 0.15) is 0 Å². The van der Waals surface area contributed by atoms with E-state index in [1.54, 1.807) is 0 Å². The highest BCUT2D eigenvalue weighted by molar-refractivity contribution is 5.96. The highest BCUT2D eigenvalue weighted by atomic mass is 16.2. The van der Waals surface area contributed by atoms with Gasteiger partial charge < -0.3 is 14.4 Å². The van der Waals surface area contributed by atoms with Crippen molar-refractivity contribution >= 4 is 11.6 Å². The maximum Gasteiger partial charge on any atom is 0.255 e. The molecule has 1 aromatic heterocycles. The topological polar surface area (TPSA) is 28.5 Å². The maximum absolute atomic E-state index is 13.0. The lowest BCUT2D eigenvalue weighted by molar-refractivity contribution is 0.0746. The number of piperazine rings is 1. The number of anilines is 1. The molecular weight excluding hydrogens is 310 g/mol. The first-order valence-electron chi connectivity index (χ1n) is 9.34. The number of benzene rings is 1. The molecule has 1 saturated carbocycles. The monoisotopic (exact) mass is 337 g/mol. The Kier molecular flexibility index (Phi) is 4.06. The highest BCUT2D eigenvalue weighted by Crippen LogP contribution is 2.38. The second-order valence-corrected chi connectivity index (χ2v) is 7.45. The molecular formula is C21H27N3O. The lowest BCUT2D eigenvalue weighted by Gasteiger charge is -2.36. The molecule has 1 saturated heterocycles. The molecule has 4 heteroatoms. The van der Waals surface area contributed by atoms with Gasteiger partial charge in [0, 0.05) is 49.3 Å². The van der Waals surface area contributed by atoms with Gasteiger partial charge in [-0.1, -0.05) is 18.2 Å². The SMILES string of the molecule is Cc1ccccc1N1CCN(C(=O)c2cc(C)n(C3CC3)c2C)CC1. The Morgan fingerprint density at radius 1 is 1.00 bits per heavy atom. The van der Waals surface area contributed by atoms with Crippen LogP contribution in [0.5, 0.6) is 0 Å². The number of aryl methyl sites for hydroxylation is 2. The van der Waals surface area contributed by atoms with Gasteiger partial charge in [0.05, 0.1) is 5.56 Å². The molecule has 1 aliphatic heterocycles. The number of nitrogens with zero attached hydrogens (tertiary/aromatic N) is 3. The lowest BCUT2D eigenvalue weighted by Crippen LogP contribution is -2.49. The summed E-state index contributed by atoms with van der Waals surface area (Å²) in [5, 5.41) is 0. The first kappa shape index (κ1) is 16.2. The number of carbonyl (C=O) groups is 1. The van der Waals surface area contributed by atoms with Gasteiger partial charge in [-0.25, -0.2) is 0 Å². The Balaban J connectivity index is 1.47. The Morgan fingerprint density at radius 3 is 2.32 bits per heavy atom. The van der Waals surface area contributed by atoms with Gasteiger partial charge in [-0.15, -0.1) is 0 Å². The van der Waals surface area contributed by atoms with Crippen LogP contribution in [-0.2, 0) is 0 Å². The molecule has 1 amide bonds. The van der Waals surface area contributed by atoms with Gasteiger partial charge in [-0.3, -0.25) is 4.79 Å². The average Bonchev–Trinajstić information content (AvgIpc) is 3.40. The molecule has 0 radical (unpaired) electrons. The van der Waals surface area contributed by atoms with E-state index in [9.17, 15) is 4.79 Å². The third kappa shape index (κ3) is 2.94. The van der Waals surface area contributed by atoms with E-state index < -0.39 is 0 Å². The quantitative estimate of drug-likeness (QED) is 0.854. The average molecular weight is 337 g/mol. The van der Waals surface area contributed by atoms with Crippen molar-refractivity contribution in [2.75, 3.05) is 31.1 Å². The molecule has 1 aliphatic carbocycles. The summed E-state index contributed by atoms with van der Waals surface area (Å²) < 4.78 is 2.36. The van der Waals surface area contributed by atoms with Crippen LogP contribution in [0.3, 0.4) is 0 Å². The summed E-state index contributed by atoms with van der Waals surface area (Å²) in [7, 11) is 0. The van der Waals surface area contributed by atoms with E-state index in [0.717, 1.165) is 37.4 Å². The Morgan fingerprint density at radius 2 is 1.68 bits per heavy atom. The number of amides is 1. The number of carbonyl (C=O) groups excluding carboxylic acids is 1. The molecule has 4 rings (SSSR count). The van der Waals surface area contributed by atoms with E-state index >= 15 is 0 Å². The van der Waals surface area contributed by atoms with E-state index in [1.807, 2.05) is 4.90 Å². The summed E-state index contributed by atoms with van der Waals surface area (Å²) in [6.45, 7) is 9.76. The van der Waals surface area contributed by atoms with Crippen LogP contribution in [0.4, 0.5) is 5.69 Å². The number of rotatable bonds is 3. The summed E-state index contributed by atoms with van der Waals surface area (Å²) in [5.74, 6) is 0.199. The first-order valence-corrected chi connectivity index (χ1v) is 9.34. The molecule has 132 valence electrons. The van der Waals surface area contributed by atoms with Crippen molar-refractivity contribution in [1.29, 1.82) is 0 Å². The summed E-state index contributed by atoms with van der Waals surface area (Å²) >= 11 is 0. The minimum Gasteiger partial charge on any atom is -0.368 e. The van der Waals surface area contributed by atoms with Crippen molar-refractivity contribution < 1.29 is 4.79 Å². The molecule has 2 heterocycles. The second-order valence-electron chi connectivity index (χ2n) is 7.45. The minimum atomic E-state index is 0.199. The van der Waals surface area contributed by atoms with Crippen molar-refractivity contribution in [3.05, 3.63) is 52.8 Å². The Hall–Kier alpha value is -2.23. The normalized spacial score (nSPS) is 17.9. The van der Waals surface area contributed by atoms with E-state index in [2.05, 4.69) is 60.6 Å². The van der Waals surface area contributed by atoms with Gasteiger partial charge in [0.2, 0.25) is 0 Å². The van der Waals surface area contributed by atoms with Crippen LogP contribution in [0.2, 0.25) is 0 Å². The van der Waals surface area contributed by atoms with E-state index in [1.165, 1.54) is 29.8 Å². The molecule has 2 aromatic rings. The summed E-state index contributed by atoms with van der Waals surface area (Å²) in [6, 6.07) is 11.2. The van der Waals surface area contributed by atoms with Crippen molar-refractivity contribution in [2.24, 2.45) is 0 Å². The van der Waals surface area contributed by atoms with Crippen LogP contribution in [0, 0.1) is 20.8 Å². The van der Waals surface area contributed by atoms with Gasteiger partial charge in [-0.05, 0) is 51.3 Å². The van der Waals surface area contributed by atoms with Gasteiger partial charge in [0.25, 0.3) is 5.91 Å². The van der Waals surface area contributed by atoms with E-state index in [0.29, 0.717) is 6.04 Å². The molecule has 0 spiro atoms. The summed E-state index contributed by atoms with van der Waals surface area (Å²) in [5.41, 5.74) is 5.86. The Bertz CT molecular complexity index is 795. The third-order valence-electron chi connectivity index (χ3n) is 5.65. The molecule has 0 N–H and O–H groups in total. The van der Waals surface area contributed by atoms with Crippen LogP contribution >= 0.6 is 0 Å². The van der Waals surface area contributed by atoms with Crippen LogP contribution in [0.1, 0.15) is 46.2 Å². The van der Waals surface area contributed by atoms with Gasteiger partial charge in [0.15, 0.2) is 0 Å². The second kappa shape index (κ2) is 6.25. The number of hydrogen-bond donors (Lipinski definition) is 0. The van der Waals surface area contributed by atoms with Crippen molar-refractivity contribution in [2.45, 2.75) is 39.7 Å². The number of para-hydroxylation sites is 1. The van der Waals surface area contributed by atoms with Crippen LogP contribution < -0.4 is 4.90 Å². The zero-order valence-corrected chi connectivity index (χ0v) is 15.5. The lowest BCUT2D eigenvalue weighted by atomic mass is 10.1. The summed E-state index contributed by atoms with van der Waals surface area (Å²) in [4.78, 5) is 17.5. The zero-order valence-electron chi connectivity index (χ0n) is 15.5. The molecule has 4 nitrogen and oxygen atoms in total. The maximum atomic E-state index is 13.0. The first-order chi connectivity index (χ1) is 12.1. The largest absolute Gasteiger partial charge is 0.368 e. The van der Waals surface area contributed by atoms with E-state index in [-0.39, 0.29) is 5.91 Å². The molecule has 2 aliphatic rings. The molecule has 0 atom stereocenters. The smallest absolute Gasteiger partial charge is 0.255 e. The van der Waals surface area contributed by atoms with Crippen molar-refractivity contribution in [3.8, 4) is 0 Å². The highest BCUT2D eigenvalue weighted by Gasteiger charge is 2.30. The standard InChI is InChI=1S/C21H27N3O/c1-15-6-4-5-7-20(15)22-10-12-23(13-11-22)21(25)19-14-16(2)24(17(19)3)18-8-9-18/h4-7,14,18H,8-13H2,1-3H3. The summed E-state index contributed by atoms with van der Waals surface area (Å²) in [6.07, 6.45) is 2.50. The fourth-order valence-corrected chi connectivity index (χ4v) is 4.13. The van der Waals surface area contributed by atoms with Gasteiger partial charge >= 0.3 is 0 Å². The zero-order chi connectivity index (χ0) is 17.6. The Labute approximate surface area is 150 Å². The fraction of sp³-hybridized carbons (Fsp3) is 0.476. The molecule has 0 unspecified atom stereocenters. The molecule has 0 bridgehead atoms. The van der Waals surface area contributed by atoms with Crippen LogP contribution in [0.15, 0.2) is 30.3 Å². The van der Waals surface area contributed by atoms with Crippen LogP contribution in [-0.4, -0.2) is 41.6 Å². The number of hydrogen-bond acceptors (Lipinski definition) is 2. The number of aromatic nitrogens is 1. The fourth-order valence-electron chi connectivity index (χ4n) is 4.13. The third-order valence-corrected chi connectivity index (χ3v) is 5.65. The predicted molar refractivity (Wildman–Crippen MR) is 101 cm³/mol. The minimum absolute atomic E-state index is 0.199. The predicted octanol–water partition coefficient (Wildman–Crippen LogP) is 3.71. The molecule has 1 aromatic carbocycles. The van der Waals surface area contributed by atoms with E-state index in [4.69, 9.17) is 0 Å².